The molecule has 0 aromatic heterocycles. The van der Waals surface area contributed by atoms with Gasteiger partial charge in [0.25, 0.3) is 0 Å². The van der Waals surface area contributed by atoms with Crippen LogP contribution >= 0.6 is 23.8 Å². The summed E-state index contributed by atoms with van der Waals surface area (Å²) >= 11 is 10.6. The molecule has 0 spiro atoms. The Bertz CT molecular complexity index is 411. The molecule has 1 aromatic carbocycles. The van der Waals surface area contributed by atoms with Crippen LogP contribution in [0.15, 0.2) is 18.2 Å². The van der Waals surface area contributed by atoms with Gasteiger partial charge in [0, 0.05) is 19.0 Å². The normalized spacial score (nSPS) is 12.8. The van der Waals surface area contributed by atoms with Crippen molar-refractivity contribution in [1.82, 2.24) is 4.90 Å². The molecule has 1 atom stereocenters. The van der Waals surface area contributed by atoms with E-state index in [1.165, 1.54) is 6.07 Å². The fourth-order valence-electron chi connectivity index (χ4n) is 1.53. The number of hydrogen-bond acceptors (Lipinski definition) is 2. The van der Waals surface area contributed by atoms with Gasteiger partial charge in [-0.1, -0.05) is 29.9 Å². The predicted octanol–water partition coefficient (Wildman–Crippen LogP) is 2.98. The summed E-state index contributed by atoms with van der Waals surface area (Å²) in [5, 5.41) is 0.151. The molecular formula is C12H16ClFN2S. The van der Waals surface area contributed by atoms with Gasteiger partial charge in [0.2, 0.25) is 0 Å². The van der Waals surface area contributed by atoms with Gasteiger partial charge >= 0.3 is 0 Å². The lowest BCUT2D eigenvalue weighted by Gasteiger charge is -2.24. The number of nitrogens with two attached hydrogens (primary N) is 1. The standard InChI is InChI=1S/C12H16ClFN2S/c1-8(5-12(15)17)16(2)7-9-3-4-11(14)10(13)6-9/h3-4,6,8H,5,7H2,1-2H3,(H2,15,17). The molecule has 94 valence electrons. The summed E-state index contributed by atoms with van der Waals surface area (Å²) < 4.78 is 13.0. The van der Waals surface area contributed by atoms with E-state index in [-0.39, 0.29) is 11.1 Å². The molecule has 0 heterocycles. The number of hydrogen-bond donors (Lipinski definition) is 1. The highest BCUT2D eigenvalue weighted by molar-refractivity contribution is 7.80. The zero-order chi connectivity index (χ0) is 13.0. The molecule has 0 fully saturated rings. The minimum atomic E-state index is -0.394. The van der Waals surface area contributed by atoms with Crippen LogP contribution in [0.25, 0.3) is 0 Å². The fourth-order valence-corrected chi connectivity index (χ4v) is 1.97. The van der Waals surface area contributed by atoms with E-state index in [4.69, 9.17) is 29.6 Å². The summed E-state index contributed by atoms with van der Waals surface area (Å²) in [5.74, 6) is -0.394. The second-order valence-corrected chi connectivity index (χ2v) is 5.11. The van der Waals surface area contributed by atoms with E-state index in [1.807, 2.05) is 14.0 Å². The highest BCUT2D eigenvalue weighted by Crippen LogP contribution is 2.17. The first-order chi connectivity index (χ1) is 7.90. The monoisotopic (exact) mass is 274 g/mol. The molecule has 0 aliphatic rings. The van der Waals surface area contributed by atoms with E-state index < -0.39 is 5.82 Å². The first-order valence-corrected chi connectivity index (χ1v) is 6.11. The van der Waals surface area contributed by atoms with Gasteiger partial charge in [-0.25, -0.2) is 4.39 Å². The Kier molecular flexibility index (Phi) is 5.31. The molecule has 0 aliphatic heterocycles. The number of halogens is 2. The molecule has 2 N–H and O–H groups in total. The summed E-state index contributed by atoms with van der Waals surface area (Å²) in [7, 11) is 1.97. The Morgan fingerprint density at radius 3 is 2.76 bits per heavy atom. The van der Waals surface area contributed by atoms with Crippen molar-refractivity contribution in [3.8, 4) is 0 Å². The zero-order valence-electron chi connectivity index (χ0n) is 9.91. The molecule has 2 nitrogen and oxygen atoms in total. The maximum atomic E-state index is 13.0. The number of nitrogens with zero attached hydrogens (tertiary/aromatic N) is 1. The van der Waals surface area contributed by atoms with E-state index in [9.17, 15) is 4.39 Å². The summed E-state index contributed by atoms with van der Waals surface area (Å²) in [5.41, 5.74) is 6.47. The van der Waals surface area contributed by atoms with Crippen molar-refractivity contribution in [2.24, 2.45) is 5.73 Å². The minimum Gasteiger partial charge on any atom is -0.393 e. The average molecular weight is 275 g/mol. The predicted molar refractivity (Wildman–Crippen MR) is 73.7 cm³/mol. The third-order valence-electron chi connectivity index (χ3n) is 2.67. The van der Waals surface area contributed by atoms with E-state index in [0.29, 0.717) is 18.0 Å². The SMILES string of the molecule is CC(CC(N)=S)N(C)Cc1ccc(F)c(Cl)c1. The van der Waals surface area contributed by atoms with Crippen LogP contribution < -0.4 is 5.73 Å². The second kappa shape index (κ2) is 6.28. The third-order valence-corrected chi connectivity index (χ3v) is 3.12. The quantitative estimate of drug-likeness (QED) is 0.837. The first kappa shape index (κ1) is 14.4. The molecular weight excluding hydrogens is 259 g/mol. The maximum absolute atomic E-state index is 13.0. The van der Waals surface area contributed by atoms with Crippen molar-refractivity contribution in [1.29, 1.82) is 0 Å². The van der Waals surface area contributed by atoms with Gasteiger partial charge in [-0.3, -0.25) is 4.90 Å². The highest BCUT2D eigenvalue weighted by atomic mass is 35.5. The molecule has 1 aromatic rings. The summed E-state index contributed by atoms with van der Waals surface area (Å²) in [4.78, 5) is 2.60. The average Bonchev–Trinajstić information content (AvgIpc) is 2.22. The lowest BCUT2D eigenvalue weighted by Crippen LogP contribution is -2.32. The van der Waals surface area contributed by atoms with Crippen molar-refractivity contribution in [3.63, 3.8) is 0 Å². The molecule has 1 rings (SSSR count). The van der Waals surface area contributed by atoms with Gasteiger partial charge < -0.3 is 5.73 Å². The Balaban J connectivity index is 2.64. The van der Waals surface area contributed by atoms with Gasteiger partial charge in [0.15, 0.2) is 0 Å². The van der Waals surface area contributed by atoms with Gasteiger partial charge in [-0.05, 0) is 31.7 Å². The van der Waals surface area contributed by atoms with Crippen LogP contribution in [0.1, 0.15) is 18.9 Å². The molecule has 5 heteroatoms. The van der Waals surface area contributed by atoms with Crippen LogP contribution in [0.3, 0.4) is 0 Å². The van der Waals surface area contributed by atoms with Crippen molar-refractivity contribution in [3.05, 3.63) is 34.6 Å². The first-order valence-electron chi connectivity index (χ1n) is 5.32. The van der Waals surface area contributed by atoms with Crippen LogP contribution in [-0.2, 0) is 6.54 Å². The smallest absolute Gasteiger partial charge is 0.141 e. The van der Waals surface area contributed by atoms with Gasteiger partial charge in [0.05, 0.1) is 10.0 Å². The van der Waals surface area contributed by atoms with Gasteiger partial charge in [0.1, 0.15) is 5.82 Å². The molecule has 0 amide bonds. The summed E-state index contributed by atoms with van der Waals surface area (Å²) in [6.07, 6.45) is 0.667. The van der Waals surface area contributed by atoms with Crippen LogP contribution in [0.5, 0.6) is 0 Å². The molecule has 0 aliphatic carbocycles. The molecule has 0 saturated heterocycles. The topological polar surface area (TPSA) is 29.3 Å². The lowest BCUT2D eigenvalue weighted by atomic mass is 10.1. The van der Waals surface area contributed by atoms with Crippen molar-refractivity contribution in [2.45, 2.75) is 25.9 Å². The van der Waals surface area contributed by atoms with Crippen molar-refractivity contribution < 1.29 is 4.39 Å². The number of rotatable bonds is 5. The molecule has 0 bridgehead atoms. The molecule has 0 radical (unpaired) electrons. The van der Waals surface area contributed by atoms with Crippen LogP contribution in [0.4, 0.5) is 4.39 Å². The van der Waals surface area contributed by atoms with E-state index >= 15 is 0 Å². The lowest BCUT2D eigenvalue weighted by molar-refractivity contribution is 0.255. The van der Waals surface area contributed by atoms with Crippen molar-refractivity contribution in [2.75, 3.05) is 7.05 Å². The highest BCUT2D eigenvalue weighted by Gasteiger charge is 2.11. The molecule has 1 unspecified atom stereocenters. The Morgan fingerprint density at radius 1 is 1.59 bits per heavy atom. The van der Waals surface area contributed by atoms with E-state index in [0.717, 1.165) is 5.56 Å². The van der Waals surface area contributed by atoms with E-state index in [2.05, 4.69) is 4.90 Å². The van der Waals surface area contributed by atoms with Crippen LogP contribution in [-0.4, -0.2) is 23.0 Å². The maximum Gasteiger partial charge on any atom is 0.141 e. The number of benzene rings is 1. The summed E-state index contributed by atoms with van der Waals surface area (Å²) in [6.45, 7) is 2.73. The summed E-state index contributed by atoms with van der Waals surface area (Å²) in [6, 6.07) is 4.99. The van der Waals surface area contributed by atoms with Gasteiger partial charge in [-0.15, -0.1) is 0 Å². The molecule has 17 heavy (non-hydrogen) atoms. The Morgan fingerprint density at radius 2 is 2.24 bits per heavy atom. The third kappa shape index (κ3) is 4.58. The number of thiocarbonyl (C=S) groups is 1. The van der Waals surface area contributed by atoms with Crippen LogP contribution in [0.2, 0.25) is 5.02 Å². The van der Waals surface area contributed by atoms with Gasteiger partial charge in [-0.2, -0.15) is 0 Å². The minimum absolute atomic E-state index is 0.151. The Hall–Kier alpha value is -0.710. The van der Waals surface area contributed by atoms with Crippen molar-refractivity contribution >= 4 is 28.8 Å². The largest absolute Gasteiger partial charge is 0.393 e. The van der Waals surface area contributed by atoms with Crippen LogP contribution in [0, 0.1) is 5.82 Å². The zero-order valence-corrected chi connectivity index (χ0v) is 11.5. The fraction of sp³-hybridized carbons (Fsp3) is 0.417. The second-order valence-electron chi connectivity index (χ2n) is 4.18. The molecule has 0 saturated carbocycles. The Labute approximate surface area is 112 Å². The van der Waals surface area contributed by atoms with E-state index in [1.54, 1.807) is 12.1 Å².